The summed E-state index contributed by atoms with van der Waals surface area (Å²) in [6.45, 7) is 3.93. The third kappa shape index (κ3) is 5.16. The van der Waals surface area contributed by atoms with Gasteiger partial charge in [-0.3, -0.25) is 4.79 Å². The topological polar surface area (TPSA) is 32.3 Å². The van der Waals surface area contributed by atoms with Crippen molar-refractivity contribution in [2.75, 3.05) is 20.1 Å². The Hall–Kier alpha value is -1.35. The highest BCUT2D eigenvalue weighted by Gasteiger charge is 2.21. The summed E-state index contributed by atoms with van der Waals surface area (Å²) in [6, 6.07) is 9.19. The van der Waals surface area contributed by atoms with Crippen LogP contribution in [0.15, 0.2) is 24.3 Å². The Bertz CT molecular complexity index is 441. The van der Waals surface area contributed by atoms with Gasteiger partial charge < -0.3 is 10.2 Å². The van der Waals surface area contributed by atoms with Crippen LogP contribution in [0.25, 0.3) is 0 Å². The van der Waals surface area contributed by atoms with Gasteiger partial charge in [-0.25, -0.2) is 0 Å². The van der Waals surface area contributed by atoms with Crippen LogP contribution in [0.4, 0.5) is 0 Å². The number of rotatable bonds is 6. The normalized spacial score (nSPS) is 18.8. The molecule has 1 aromatic carbocycles. The zero-order valence-corrected chi connectivity index (χ0v) is 13.4. The van der Waals surface area contributed by atoms with Gasteiger partial charge >= 0.3 is 0 Å². The van der Waals surface area contributed by atoms with Crippen LogP contribution in [-0.4, -0.2) is 37.0 Å². The number of aryl methyl sites for hydroxylation is 2. The summed E-state index contributed by atoms with van der Waals surface area (Å²) in [5.74, 6) is 0.332. The van der Waals surface area contributed by atoms with Gasteiger partial charge in [0.25, 0.3) is 0 Å². The number of benzene rings is 1. The Labute approximate surface area is 128 Å². The Morgan fingerprint density at radius 2 is 2.05 bits per heavy atom. The Morgan fingerprint density at radius 1 is 1.29 bits per heavy atom. The lowest BCUT2D eigenvalue weighted by Crippen LogP contribution is -2.46. The van der Waals surface area contributed by atoms with E-state index in [1.165, 1.54) is 17.5 Å². The average Bonchev–Trinajstić information content (AvgIpc) is 2.53. The minimum absolute atomic E-state index is 0.332. The summed E-state index contributed by atoms with van der Waals surface area (Å²) < 4.78 is 0. The molecule has 1 unspecified atom stereocenters. The molecule has 2 rings (SSSR count). The molecule has 1 heterocycles. The summed E-state index contributed by atoms with van der Waals surface area (Å²) in [4.78, 5) is 14.3. The minimum Gasteiger partial charge on any atom is -0.341 e. The molecule has 1 aliphatic rings. The van der Waals surface area contributed by atoms with Crippen LogP contribution < -0.4 is 5.32 Å². The van der Waals surface area contributed by atoms with E-state index in [2.05, 4.69) is 36.5 Å². The molecule has 1 amide bonds. The van der Waals surface area contributed by atoms with Gasteiger partial charge in [0.1, 0.15) is 0 Å². The van der Waals surface area contributed by atoms with Gasteiger partial charge in [0.05, 0.1) is 0 Å². The van der Waals surface area contributed by atoms with Crippen molar-refractivity contribution in [2.45, 2.75) is 51.5 Å². The third-order valence-corrected chi connectivity index (χ3v) is 4.41. The van der Waals surface area contributed by atoms with Crippen LogP contribution in [0.2, 0.25) is 0 Å². The number of nitrogens with zero attached hydrogens (tertiary/aromatic N) is 1. The van der Waals surface area contributed by atoms with Crippen molar-refractivity contribution >= 4 is 5.91 Å². The molecule has 1 aliphatic heterocycles. The smallest absolute Gasteiger partial charge is 0.222 e. The molecule has 21 heavy (non-hydrogen) atoms. The first-order chi connectivity index (χ1) is 10.2. The fourth-order valence-corrected chi connectivity index (χ4v) is 2.96. The minimum atomic E-state index is 0.332. The van der Waals surface area contributed by atoms with Crippen LogP contribution >= 0.6 is 0 Å². The number of amides is 1. The highest BCUT2D eigenvalue weighted by atomic mass is 16.2. The number of carbonyl (C=O) groups excluding carboxylic acids is 1. The van der Waals surface area contributed by atoms with Crippen LogP contribution in [0, 0.1) is 6.92 Å². The zero-order chi connectivity index (χ0) is 15.1. The molecule has 3 nitrogen and oxygen atoms in total. The maximum atomic E-state index is 12.2. The fourth-order valence-electron chi connectivity index (χ4n) is 2.96. The largest absolute Gasteiger partial charge is 0.341 e. The van der Waals surface area contributed by atoms with Crippen LogP contribution in [0.3, 0.4) is 0 Å². The molecule has 0 radical (unpaired) electrons. The van der Waals surface area contributed by atoms with Gasteiger partial charge in [0.2, 0.25) is 5.91 Å². The molecular weight excluding hydrogens is 260 g/mol. The highest BCUT2D eigenvalue weighted by Crippen LogP contribution is 2.13. The fraction of sp³-hybridized carbons (Fsp3) is 0.611. The van der Waals surface area contributed by atoms with Gasteiger partial charge in [-0.2, -0.15) is 0 Å². The number of likely N-dealkylation sites (tertiary alicyclic amines) is 1. The van der Waals surface area contributed by atoms with Crippen LogP contribution in [0.1, 0.15) is 43.2 Å². The lowest BCUT2D eigenvalue weighted by Gasteiger charge is -2.32. The average molecular weight is 288 g/mol. The van der Waals surface area contributed by atoms with E-state index in [4.69, 9.17) is 0 Å². The Balaban J connectivity index is 1.66. The van der Waals surface area contributed by atoms with Crippen molar-refractivity contribution < 1.29 is 4.79 Å². The number of hydrogen-bond donors (Lipinski definition) is 1. The van der Waals surface area contributed by atoms with E-state index in [9.17, 15) is 4.79 Å². The molecule has 0 bridgehead atoms. The van der Waals surface area contributed by atoms with E-state index >= 15 is 0 Å². The SMILES string of the molecule is CNC1CCCN(C(=O)CCCCc2ccc(C)cc2)C1. The van der Waals surface area contributed by atoms with Crippen molar-refractivity contribution in [1.82, 2.24) is 10.2 Å². The lowest BCUT2D eigenvalue weighted by atomic mass is 10.0. The number of hydrogen-bond acceptors (Lipinski definition) is 2. The Morgan fingerprint density at radius 3 is 2.76 bits per heavy atom. The van der Waals surface area contributed by atoms with E-state index in [1.54, 1.807) is 0 Å². The maximum Gasteiger partial charge on any atom is 0.222 e. The first-order valence-corrected chi connectivity index (χ1v) is 8.19. The van der Waals surface area contributed by atoms with Gasteiger partial charge in [-0.1, -0.05) is 29.8 Å². The van der Waals surface area contributed by atoms with E-state index < -0.39 is 0 Å². The van der Waals surface area contributed by atoms with E-state index in [0.29, 0.717) is 18.4 Å². The van der Waals surface area contributed by atoms with Crippen molar-refractivity contribution in [1.29, 1.82) is 0 Å². The molecule has 0 spiro atoms. The molecular formula is C18H28N2O. The number of piperidine rings is 1. The first-order valence-electron chi connectivity index (χ1n) is 8.19. The standard InChI is InChI=1S/C18H28N2O/c1-15-9-11-16(12-10-15)6-3-4-8-18(21)20-13-5-7-17(14-20)19-2/h9-12,17,19H,3-8,13-14H2,1-2H3. The van der Waals surface area contributed by atoms with Crippen molar-refractivity contribution in [3.8, 4) is 0 Å². The van der Waals surface area contributed by atoms with Crippen molar-refractivity contribution in [3.05, 3.63) is 35.4 Å². The predicted molar refractivity (Wildman–Crippen MR) is 87.4 cm³/mol. The molecule has 1 fully saturated rings. The number of unbranched alkanes of at least 4 members (excludes halogenated alkanes) is 1. The van der Waals surface area contributed by atoms with Gasteiger partial charge in [-0.05, 0) is 51.6 Å². The second kappa shape index (κ2) is 8.18. The van der Waals surface area contributed by atoms with Crippen LogP contribution in [0.5, 0.6) is 0 Å². The summed E-state index contributed by atoms with van der Waals surface area (Å²) in [5.41, 5.74) is 2.68. The number of carbonyl (C=O) groups is 1. The summed E-state index contributed by atoms with van der Waals surface area (Å²) in [5, 5.41) is 3.29. The molecule has 1 N–H and O–H groups in total. The number of likely N-dealkylation sites (N-methyl/N-ethyl adjacent to an activating group) is 1. The van der Waals surface area contributed by atoms with Crippen LogP contribution in [-0.2, 0) is 11.2 Å². The van der Waals surface area contributed by atoms with Crippen molar-refractivity contribution in [3.63, 3.8) is 0 Å². The monoisotopic (exact) mass is 288 g/mol. The van der Waals surface area contributed by atoms with E-state index in [0.717, 1.165) is 38.8 Å². The summed E-state index contributed by atoms with van der Waals surface area (Å²) in [6.07, 6.45) is 6.18. The van der Waals surface area contributed by atoms with Gasteiger partial charge in [0, 0.05) is 25.6 Å². The quantitative estimate of drug-likeness (QED) is 0.816. The lowest BCUT2D eigenvalue weighted by molar-refractivity contribution is -0.132. The molecule has 1 atom stereocenters. The zero-order valence-electron chi connectivity index (χ0n) is 13.4. The molecule has 1 aromatic rings. The summed E-state index contributed by atoms with van der Waals surface area (Å²) in [7, 11) is 1.99. The number of nitrogens with one attached hydrogen (secondary N) is 1. The predicted octanol–water partition coefficient (Wildman–Crippen LogP) is 2.92. The molecule has 116 valence electrons. The van der Waals surface area contributed by atoms with Gasteiger partial charge in [-0.15, -0.1) is 0 Å². The second-order valence-electron chi connectivity index (χ2n) is 6.16. The molecule has 3 heteroatoms. The maximum absolute atomic E-state index is 12.2. The van der Waals surface area contributed by atoms with Crippen molar-refractivity contribution in [2.24, 2.45) is 0 Å². The van der Waals surface area contributed by atoms with Gasteiger partial charge in [0.15, 0.2) is 0 Å². The Kier molecular flexibility index (Phi) is 6.24. The van der Waals surface area contributed by atoms with E-state index in [1.807, 2.05) is 11.9 Å². The molecule has 0 aliphatic carbocycles. The molecule has 0 aromatic heterocycles. The highest BCUT2D eigenvalue weighted by molar-refractivity contribution is 5.76. The third-order valence-electron chi connectivity index (χ3n) is 4.41. The first kappa shape index (κ1) is 16.0. The molecule has 0 saturated carbocycles. The second-order valence-corrected chi connectivity index (χ2v) is 6.16. The molecule has 1 saturated heterocycles. The van der Waals surface area contributed by atoms with E-state index in [-0.39, 0.29) is 0 Å². The summed E-state index contributed by atoms with van der Waals surface area (Å²) >= 11 is 0.